The first-order chi connectivity index (χ1) is 14.6. The molecule has 2 amide bonds. The molecule has 5 heteroatoms. The van der Waals surface area contributed by atoms with Gasteiger partial charge in [0.05, 0.1) is 13.0 Å². The van der Waals surface area contributed by atoms with E-state index in [1.807, 2.05) is 35.2 Å². The van der Waals surface area contributed by atoms with Crippen LogP contribution in [0.25, 0.3) is 0 Å². The molecule has 0 aromatic heterocycles. The number of piperidine rings is 1. The van der Waals surface area contributed by atoms with E-state index in [0.717, 1.165) is 43.7 Å². The number of likely N-dealkylation sites (tertiary alicyclic amines) is 2. The van der Waals surface area contributed by atoms with Crippen LogP contribution in [0.15, 0.2) is 54.6 Å². The Kier molecular flexibility index (Phi) is 6.36. The van der Waals surface area contributed by atoms with Gasteiger partial charge in [0.25, 0.3) is 0 Å². The number of methoxy groups -OCH3 is 1. The molecule has 2 fully saturated rings. The average molecular weight is 407 g/mol. The van der Waals surface area contributed by atoms with Gasteiger partial charge < -0.3 is 14.5 Å². The summed E-state index contributed by atoms with van der Waals surface area (Å²) in [6.07, 6.45) is 3.48. The minimum atomic E-state index is -0.214. The molecular formula is C25H30N2O3. The topological polar surface area (TPSA) is 49.9 Å². The molecule has 2 aliphatic rings. The van der Waals surface area contributed by atoms with Crippen LogP contribution in [0.3, 0.4) is 0 Å². The molecule has 0 radical (unpaired) electrons. The summed E-state index contributed by atoms with van der Waals surface area (Å²) >= 11 is 0. The molecule has 5 nitrogen and oxygen atoms in total. The number of carbonyl (C=O) groups is 2. The smallest absolute Gasteiger partial charge is 0.227 e. The first-order valence-corrected chi connectivity index (χ1v) is 10.9. The van der Waals surface area contributed by atoms with Crippen LogP contribution in [0.4, 0.5) is 0 Å². The van der Waals surface area contributed by atoms with E-state index in [0.29, 0.717) is 25.4 Å². The summed E-state index contributed by atoms with van der Waals surface area (Å²) in [6, 6.07) is 18.3. The molecule has 2 heterocycles. The molecule has 158 valence electrons. The van der Waals surface area contributed by atoms with Crippen molar-refractivity contribution >= 4 is 11.8 Å². The van der Waals surface area contributed by atoms with Gasteiger partial charge in [0.1, 0.15) is 5.75 Å². The molecule has 0 aliphatic carbocycles. The fourth-order valence-corrected chi connectivity index (χ4v) is 4.64. The zero-order valence-corrected chi connectivity index (χ0v) is 17.6. The Labute approximate surface area is 178 Å². The quantitative estimate of drug-likeness (QED) is 0.738. The van der Waals surface area contributed by atoms with Gasteiger partial charge in [0, 0.05) is 32.6 Å². The number of nitrogens with zero attached hydrogens (tertiary/aromatic N) is 2. The molecule has 1 atom stereocenters. The molecule has 4 rings (SSSR count). The first kappa shape index (κ1) is 20.5. The van der Waals surface area contributed by atoms with Gasteiger partial charge >= 0.3 is 0 Å². The monoisotopic (exact) mass is 406 g/mol. The maximum Gasteiger partial charge on any atom is 0.227 e. The van der Waals surface area contributed by atoms with Gasteiger partial charge in [-0.15, -0.1) is 0 Å². The zero-order chi connectivity index (χ0) is 20.9. The van der Waals surface area contributed by atoms with Crippen LogP contribution < -0.4 is 4.74 Å². The minimum Gasteiger partial charge on any atom is -0.497 e. The summed E-state index contributed by atoms with van der Waals surface area (Å²) in [7, 11) is 1.64. The molecule has 0 bridgehead atoms. The number of ether oxygens (including phenoxy) is 1. The fraction of sp³-hybridized carbons (Fsp3) is 0.440. The number of carbonyl (C=O) groups excluding carboxylic acids is 2. The summed E-state index contributed by atoms with van der Waals surface area (Å²) in [5.41, 5.74) is 2.40. The molecule has 0 saturated carbocycles. The van der Waals surface area contributed by atoms with Gasteiger partial charge in [-0.2, -0.15) is 0 Å². The van der Waals surface area contributed by atoms with Gasteiger partial charge in [-0.05, 0) is 48.4 Å². The van der Waals surface area contributed by atoms with Crippen LogP contribution in [0.2, 0.25) is 0 Å². The third-order valence-electron chi connectivity index (χ3n) is 6.36. The molecule has 30 heavy (non-hydrogen) atoms. The SMILES string of the molecule is COc1cccc(CN2CC(C(=O)N3CCC(Cc4ccccc4)CC3)CC2=O)c1. The summed E-state index contributed by atoms with van der Waals surface area (Å²) < 4.78 is 5.27. The highest BCUT2D eigenvalue weighted by atomic mass is 16.5. The second-order valence-electron chi connectivity index (χ2n) is 8.49. The molecule has 0 spiro atoms. The number of hydrogen-bond acceptors (Lipinski definition) is 3. The van der Waals surface area contributed by atoms with Crippen molar-refractivity contribution in [3.63, 3.8) is 0 Å². The fourth-order valence-electron chi connectivity index (χ4n) is 4.64. The van der Waals surface area contributed by atoms with E-state index in [9.17, 15) is 9.59 Å². The predicted molar refractivity (Wildman–Crippen MR) is 116 cm³/mol. The Morgan fingerprint density at radius 2 is 1.77 bits per heavy atom. The van der Waals surface area contributed by atoms with Crippen molar-refractivity contribution < 1.29 is 14.3 Å². The van der Waals surface area contributed by atoms with E-state index in [1.54, 1.807) is 12.0 Å². The van der Waals surface area contributed by atoms with Crippen molar-refractivity contribution in [3.05, 3.63) is 65.7 Å². The normalized spacial score (nSPS) is 19.9. The van der Waals surface area contributed by atoms with E-state index in [1.165, 1.54) is 5.56 Å². The highest BCUT2D eigenvalue weighted by molar-refractivity contribution is 5.89. The lowest BCUT2D eigenvalue weighted by atomic mass is 9.89. The minimum absolute atomic E-state index is 0.0649. The third kappa shape index (κ3) is 4.84. The Bertz CT molecular complexity index is 875. The molecule has 0 N–H and O–H groups in total. The Morgan fingerprint density at radius 3 is 2.50 bits per heavy atom. The third-order valence-corrected chi connectivity index (χ3v) is 6.36. The van der Waals surface area contributed by atoms with E-state index in [2.05, 4.69) is 24.3 Å². The van der Waals surface area contributed by atoms with Crippen molar-refractivity contribution in [2.45, 2.75) is 32.2 Å². The van der Waals surface area contributed by atoms with Gasteiger partial charge in [-0.1, -0.05) is 42.5 Å². The maximum absolute atomic E-state index is 13.0. The van der Waals surface area contributed by atoms with E-state index >= 15 is 0 Å². The highest BCUT2D eigenvalue weighted by Gasteiger charge is 2.37. The van der Waals surface area contributed by atoms with E-state index in [-0.39, 0.29) is 17.7 Å². The molecule has 2 saturated heterocycles. The Hall–Kier alpha value is -2.82. The van der Waals surface area contributed by atoms with Crippen LogP contribution in [0, 0.1) is 11.8 Å². The van der Waals surface area contributed by atoms with Crippen molar-refractivity contribution in [3.8, 4) is 5.75 Å². The number of benzene rings is 2. The number of hydrogen-bond donors (Lipinski definition) is 0. The zero-order valence-electron chi connectivity index (χ0n) is 17.6. The number of rotatable bonds is 6. The van der Waals surface area contributed by atoms with E-state index in [4.69, 9.17) is 4.74 Å². The lowest BCUT2D eigenvalue weighted by molar-refractivity contribution is -0.137. The molecule has 1 unspecified atom stereocenters. The largest absolute Gasteiger partial charge is 0.497 e. The van der Waals surface area contributed by atoms with Crippen LogP contribution in [-0.4, -0.2) is 48.4 Å². The van der Waals surface area contributed by atoms with Crippen LogP contribution in [0.1, 0.15) is 30.4 Å². The van der Waals surface area contributed by atoms with Crippen molar-refractivity contribution in [1.29, 1.82) is 0 Å². The average Bonchev–Trinajstić information content (AvgIpc) is 3.15. The van der Waals surface area contributed by atoms with Crippen molar-refractivity contribution in [2.75, 3.05) is 26.7 Å². The Morgan fingerprint density at radius 1 is 1.03 bits per heavy atom. The first-order valence-electron chi connectivity index (χ1n) is 10.9. The Balaban J connectivity index is 1.28. The summed E-state index contributed by atoms with van der Waals surface area (Å²) in [5.74, 6) is 1.41. The molecule has 2 aliphatic heterocycles. The van der Waals surface area contributed by atoms with Gasteiger partial charge in [-0.25, -0.2) is 0 Å². The second-order valence-corrected chi connectivity index (χ2v) is 8.49. The standard InChI is InChI=1S/C25H30N2O3/c1-30-23-9-5-8-21(15-23)17-27-18-22(16-24(27)28)25(29)26-12-10-20(11-13-26)14-19-6-3-2-4-7-19/h2-9,15,20,22H,10-14,16-18H2,1H3. The van der Waals surface area contributed by atoms with E-state index < -0.39 is 0 Å². The lowest BCUT2D eigenvalue weighted by Crippen LogP contribution is -2.42. The van der Waals surface area contributed by atoms with Crippen LogP contribution in [-0.2, 0) is 22.6 Å². The highest BCUT2D eigenvalue weighted by Crippen LogP contribution is 2.27. The van der Waals surface area contributed by atoms with Gasteiger partial charge in [0.2, 0.25) is 11.8 Å². The second kappa shape index (κ2) is 9.33. The molecule has 2 aromatic carbocycles. The van der Waals surface area contributed by atoms with Crippen LogP contribution in [0.5, 0.6) is 5.75 Å². The number of amides is 2. The lowest BCUT2D eigenvalue weighted by Gasteiger charge is -2.33. The van der Waals surface area contributed by atoms with Crippen molar-refractivity contribution in [1.82, 2.24) is 9.80 Å². The molecule has 2 aromatic rings. The summed E-state index contributed by atoms with van der Waals surface area (Å²) in [6.45, 7) is 2.64. The molecular weight excluding hydrogens is 376 g/mol. The summed E-state index contributed by atoms with van der Waals surface area (Å²) in [5, 5.41) is 0. The maximum atomic E-state index is 13.0. The van der Waals surface area contributed by atoms with Gasteiger partial charge in [0.15, 0.2) is 0 Å². The van der Waals surface area contributed by atoms with Gasteiger partial charge in [-0.3, -0.25) is 9.59 Å². The van der Waals surface area contributed by atoms with Crippen LogP contribution >= 0.6 is 0 Å². The summed E-state index contributed by atoms with van der Waals surface area (Å²) in [4.78, 5) is 29.3. The van der Waals surface area contributed by atoms with Crippen molar-refractivity contribution in [2.24, 2.45) is 11.8 Å². The predicted octanol–water partition coefficient (Wildman–Crippen LogP) is 3.53.